The van der Waals surface area contributed by atoms with Gasteiger partial charge in [-0.1, -0.05) is 12.1 Å². The van der Waals surface area contributed by atoms with Crippen LogP contribution in [0.25, 0.3) is 10.9 Å². The molecule has 0 bridgehead atoms. The Labute approximate surface area is 110 Å². The molecule has 0 spiro atoms. The van der Waals surface area contributed by atoms with Crippen LogP contribution in [0.2, 0.25) is 0 Å². The highest BCUT2D eigenvalue weighted by Gasteiger charge is 2.04. The molecular weight excluding hydrogens is 248 g/mol. The van der Waals surface area contributed by atoms with E-state index >= 15 is 0 Å². The van der Waals surface area contributed by atoms with Gasteiger partial charge in [0.15, 0.2) is 4.77 Å². The summed E-state index contributed by atoms with van der Waals surface area (Å²) in [6.45, 7) is 1.33. The van der Waals surface area contributed by atoms with Crippen molar-refractivity contribution in [1.29, 1.82) is 0 Å². The average Bonchev–Trinajstić information content (AvgIpc) is 2.38. The van der Waals surface area contributed by atoms with Crippen molar-refractivity contribution in [3.63, 3.8) is 0 Å². The van der Waals surface area contributed by atoms with Crippen molar-refractivity contribution in [2.24, 2.45) is 0 Å². The van der Waals surface area contributed by atoms with Gasteiger partial charge in [-0.05, 0) is 37.2 Å². The van der Waals surface area contributed by atoms with E-state index in [0.29, 0.717) is 23.3 Å². The van der Waals surface area contributed by atoms with Crippen molar-refractivity contribution in [1.82, 2.24) is 9.55 Å². The first kappa shape index (κ1) is 13.0. The Bertz CT molecular complexity index is 645. The quantitative estimate of drug-likeness (QED) is 0.666. The number of methoxy groups -OCH3 is 1. The van der Waals surface area contributed by atoms with Crippen molar-refractivity contribution in [3.8, 4) is 0 Å². The fourth-order valence-electron chi connectivity index (χ4n) is 1.92. The van der Waals surface area contributed by atoms with Gasteiger partial charge in [0, 0.05) is 20.3 Å². The Morgan fingerprint density at radius 3 is 2.89 bits per heavy atom. The summed E-state index contributed by atoms with van der Waals surface area (Å²) in [5.41, 5.74) is 0.771. The first-order valence-electron chi connectivity index (χ1n) is 5.95. The Morgan fingerprint density at radius 2 is 2.11 bits per heavy atom. The highest BCUT2D eigenvalue weighted by atomic mass is 32.1. The van der Waals surface area contributed by atoms with Gasteiger partial charge in [0.1, 0.15) is 0 Å². The van der Waals surface area contributed by atoms with Gasteiger partial charge in [0.25, 0.3) is 5.56 Å². The number of hydrogen-bond acceptors (Lipinski definition) is 3. The van der Waals surface area contributed by atoms with Crippen LogP contribution in [-0.4, -0.2) is 23.3 Å². The molecule has 0 saturated carbocycles. The first-order chi connectivity index (χ1) is 8.74. The molecule has 1 heterocycles. The summed E-state index contributed by atoms with van der Waals surface area (Å²) >= 11 is 5.22. The van der Waals surface area contributed by atoms with Gasteiger partial charge in [0.2, 0.25) is 0 Å². The van der Waals surface area contributed by atoms with E-state index in [4.69, 9.17) is 17.0 Å². The van der Waals surface area contributed by atoms with Gasteiger partial charge in [0.05, 0.1) is 10.9 Å². The van der Waals surface area contributed by atoms with Crippen LogP contribution in [0.1, 0.15) is 12.8 Å². The van der Waals surface area contributed by atoms with Gasteiger partial charge in [-0.25, -0.2) is 0 Å². The van der Waals surface area contributed by atoms with Gasteiger partial charge in [-0.2, -0.15) is 0 Å². The Kier molecular flexibility index (Phi) is 4.28. The molecule has 0 aliphatic carbocycles. The molecule has 0 atom stereocenters. The lowest BCUT2D eigenvalue weighted by molar-refractivity contribution is 0.191. The lowest BCUT2D eigenvalue weighted by Crippen LogP contribution is -2.22. The van der Waals surface area contributed by atoms with Crippen LogP contribution in [0, 0.1) is 4.77 Å². The molecule has 96 valence electrons. The highest BCUT2D eigenvalue weighted by Crippen LogP contribution is 2.06. The third-order valence-corrected chi connectivity index (χ3v) is 3.19. The number of nitrogens with zero attached hydrogens (tertiary/aromatic N) is 1. The molecular formula is C13H16N2O2S. The number of unbranched alkanes of at least 4 members (excludes halogenated alkanes) is 1. The number of aromatic amines is 1. The fourth-order valence-corrected chi connectivity index (χ4v) is 2.20. The molecule has 0 radical (unpaired) electrons. The van der Waals surface area contributed by atoms with E-state index in [0.717, 1.165) is 18.4 Å². The van der Waals surface area contributed by atoms with Crippen molar-refractivity contribution in [2.45, 2.75) is 19.4 Å². The monoisotopic (exact) mass is 264 g/mol. The van der Waals surface area contributed by atoms with Gasteiger partial charge >= 0.3 is 0 Å². The minimum Gasteiger partial charge on any atom is -0.385 e. The van der Waals surface area contributed by atoms with Crippen LogP contribution in [0.4, 0.5) is 0 Å². The second-order valence-electron chi connectivity index (χ2n) is 4.13. The van der Waals surface area contributed by atoms with Crippen LogP contribution in [0.5, 0.6) is 0 Å². The Morgan fingerprint density at radius 1 is 1.33 bits per heavy atom. The number of rotatable bonds is 5. The number of fused-ring (bicyclic) bond motifs is 1. The van der Waals surface area contributed by atoms with E-state index in [1.54, 1.807) is 11.7 Å². The third-order valence-electron chi connectivity index (χ3n) is 2.87. The molecule has 0 aliphatic heterocycles. The van der Waals surface area contributed by atoms with Crippen LogP contribution in [-0.2, 0) is 11.3 Å². The molecule has 1 aromatic heterocycles. The van der Waals surface area contributed by atoms with Crippen molar-refractivity contribution >= 4 is 23.1 Å². The zero-order valence-corrected chi connectivity index (χ0v) is 11.1. The number of hydrogen-bond donors (Lipinski definition) is 1. The second kappa shape index (κ2) is 5.93. The lowest BCUT2D eigenvalue weighted by Gasteiger charge is -2.07. The summed E-state index contributed by atoms with van der Waals surface area (Å²) in [6.07, 6.45) is 1.80. The Hall–Kier alpha value is -1.46. The molecule has 18 heavy (non-hydrogen) atoms. The fraction of sp³-hybridized carbons (Fsp3) is 0.385. The highest BCUT2D eigenvalue weighted by molar-refractivity contribution is 7.71. The van der Waals surface area contributed by atoms with E-state index in [1.165, 1.54) is 0 Å². The minimum absolute atomic E-state index is 0.0215. The second-order valence-corrected chi connectivity index (χ2v) is 4.52. The van der Waals surface area contributed by atoms with Gasteiger partial charge in [-0.15, -0.1) is 0 Å². The summed E-state index contributed by atoms with van der Waals surface area (Å²) in [4.78, 5) is 15.3. The average molecular weight is 264 g/mol. The molecule has 2 aromatic rings. The maximum atomic E-state index is 12.3. The predicted octanol–water partition coefficient (Wildman–Crippen LogP) is 2.49. The number of H-pyrrole nitrogens is 1. The summed E-state index contributed by atoms with van der Waals surface area (Å²) in [7, 11) is 1.68. The smallest absolute Gasteiger partial charge is 0.262 e. The molecule has 0 unspecified atom stereocenters. The molecule has 5 heteroatoms. The maximum absolute atomic E-state index is 12.3. The van der Waals surface area contributed by atoms with Crippen molar-refractivity contribution < 1.29 is 4.74 Å². The molecule has 2 rings (SSSR count). The number of benzene rings is 1. The van der Waals surface area contributed by atoms with Crippen molar-refractivity contribution in [3.05, 3.63) is 39.4 Å². The van der Waals surface area contributed by atoms with Crippen LogP contribution in [0.3, 0.4) is 0 Å². The number of aromatic nitrogens is 2. The van der Waals surface area contributed by atoms with E-state index in [-0.39, 0.29) is 5.56 Å². The predicted molar refractivity (Wildman–Crippen MR) is 74.5 cm³/mol. The summed E-state index contributed by atoms with van der Waals surface area (Å²) in [5.74, 6) is 0. The van der Waals surface area contributed by atoms with Crippen LogP contribution < -0.4 is 5.56 Å². The first-order valence-corrected chi connectivity index (χ1v) is 6.35. The van der Waals surface area contributed by atoms with E-state index in [2.05, 4.69) is 4.98 Å². The molecule has 4 nitrogen and oxygen atoms in total. The van der Waals surface area contributed by atoms with E-state index < -0.39 is 0 Å². The van der Waals surface area contributed by atoms with Crippen LogP contribution >= 0.6 is 12.2 Å². The molecule has 0 aliphatic rings. The van der Waals surface area contributed by atoms with Gasteiger partial charge < -0.3 is 9.72 Å². The topological polar surface area (TPSA) is 47.0 Å². The number of nitrogens with one attached hydrogen (secondary N) is 1. The number of ether oxygens (including phenoxy) is 1. The lowest BCUT2D eigenvalue weighted by atomic mass is 10.2. The standard InChI is InChI=1S/C13H16N2O2S/c1-17-9-5-4-8-15-12(16)10-6-2-3-7-11(10)14-13(15)18/h2-3,6-7H,4-5,8-9H2,1H3,(H,14,18). The zero-order valence-electron chi connectivity index (χ0n) is 10.3. The molecule has 0 amide bonds. The normalized spacial score (nSPS) is 10.9. The minimum atomic E-state index is -0.0215. The summed E-state index contributed by atoms with van der Waals surface area (Å²) in [5, 5.41) is 0.679. The Balaban J connectivity index is 2.33. The molecule has 1 N–H and O–H groups in total. The summed E-state index contributed by atoms with van der Waals surface area (Å²) < 4.78 is 7.09. The zero-order chi connectivity index (χ0) is 13.0. The van der Waals surface area contributed by atoms with Crippen molar-refractivity contribution in [2.75, 3.05) is 13.7 Å². The molecule has 1 aromatic carbocycles. The SMILES string of the molecule is COCCCCn1c(=S)[nH]c2ccccc2c1=O. The van der Waals surface area contributed by atoms with Gasteiger partial charge in [-0.3, -0.25) is 9.36 Å². The molecule has 0 saturated heterocycles. The van der Waals surface area contributed by atoms with E-state index in [9.17, 15) is 4.79 Å². The number of para-hydroxylation sites is 1. The largest absolute Gasteiger partial charge is 0.385 e. The third kappa shape index (κ3) is 2.68. The summed E-state index contributed by atoms with van der Waals surface area (Å²) in [6, 6.07) is 7.42. The molecule has 0 fully saturated rings. The van der Waals surface area contributed by atoms with Crippen LogP contribution in [0.15, 0.2) is 29.1 Å². The van der Waals surface area contributed by atoms with E-state index in [1.807, 2.05) is 24.3 Å². The maximum Gasteiger partial charge on any atom is 0.262 e.